The van der Waals surface area contributed by atoms with Crippen LogP contribution in [-0.2, 0) is 16.0 Å². The summed E-state index contributed by atoms with van der Waals surface area (Å²) in [6.45, 7) is 3.22. The number of carboxylic acids is 1. The highest BCUT2D eigenvalue weighted by Gasteiger charge is 2.40. The molecule has 5 rings (SSSR count). The van der Waals surface area contributed by atoms with Crippen molar-refractivity contribution in [2.24, 2.45) is 0 Å². The van der Waals surface area contributed by atoms with Crippen molar-refractivity contribution >= 4 is 40.9 Å². The molecule has 2 N–H and O–H groups in total. The summed E-state index contributed by atoms with van der Waals surface area (Å²) in [5, 5.41) is 16.4. The number of aliphatic carboxylic acids is 1. The Labute approximate surface area is 226 Å². The summed E-state index contributed by atoms with van der Waals surface area (Å²) in [5.41, 5.74) is 3.07. The molecule has 3 unspecified atom stereocenters. The van der Waals surface area contributed by atoms with E-state index in [1.165, 1.54) is 6.20 Å². The first-order valence-corrected chi connectivity index (χ1v) is 13.3. The van der Waals surface area contributed by atoms with E-state index in [2.05, 4.69) is 20.3 Å². The van der Waals surface area contributed by atoms with Gasteiger partial charge >= 0.3 is 12.1 Å². The molecule has 0 radical (unpaired) electrons. The van der Waals surface area contributed by atoms with Crippen molar-refractivity contribution < 1.29 is 24.0 Å². The fraction of sp³-hybridized carbons (Fsp3) is 0.393. The molecule has 1 aromatic heterocycles. The third-order valence-electron chi connectivity index (χ3n) is 7.38. The number of halogens is 1. The second kappa shape index (κ2) is 11.3. The van der Waals surface area contributed by atoms with Crippen LogP contribution in [0.4, 0.5) is 22.1 Å². The molecule has 1 saturated heterocycles. The van der Waals surface area contributed by atoms with Crippen molar-refractivity contribution in [1.82, 2.24) is 5.16 Å². The van der Waals surface area contributed by atoms with Crippen LogP contribution in [0.2, 0.25) is 5.02 Å². The number of hydrogen-bond acceptors (Lipinski definition) is 7. The third kappa shape index (κ3) is 5.57. The van der Waals surface area contributed by atoms with Gasteiger partial charge in [-0.2, -0.15) is 0 Å². The van der Waals surface area contributed by atoms with Crippen LogP contribution < -0.4 is 15.1 Å². The van der Waals surface area contributed by atoms with Gasteiger partial charge in [0.15, 0.2) is 0 Å². The Morgan fingerprint density at radius 1 is 1.11 bits per heavy atom. The highest BCUT2D eigenvalue weighted by Crippen LogP contribution is 2.38. The van der Waals surface area contributed by atoms with Crippen LogP contribution in [-0.4, -0.2) is 47.5 Å². The second-order valence-corrected chi connectivity index (χ2v) is 10.2. The molecule has 9 nitrogen and oxygen atoms in total. The molecule has 0 bridgehead atoms. The predicted octanol–water partition coefficient (Wildman–Crippen LogP) is 5.90. The number of fused-ring (bicyclic) bond motifs is 1. The zero-order valence-corrected chi connectivity index (χ0v) is 21.9. The minimum absolute atomic E-state index is 0.0149. The maximum absolute atomic E-state index is 12.7. The van der Waals surface area contributed by atoms with E-state index >= 15 is 0 Å². The first-order valence-electron chi connectivity index (χ1n) is 12.9. The van der Waals surface area contributed by atoms with Crippen LogP contribution in [0.25, 0.3) is 0 Å². The number of amides is 1. The summed E-state index contributed by atoms with van der Waals surface area (Å²) < 4.78 is 11.2. The van der Waals surface area contributed by atoms with Crippen LogP contribution in [0.5, 0.6) is 0 Å². The monoisotopic (exact) mass is 538 g/mol. The smallest absolute Gasteiger partial charge is 0.412 e. The summed E-state index contributed by atoms with van der Waals surface area (Å²) in [6.07, 6.45) is 4.65. The van der Waals surface area contributed by atoms with E-state index in [0.29, 0.717) is 23.1 Å². The number of anilines is 3. The average Bonchev–Trinajstić information content (AvgIpc) is 3.36. The maximum Gasteiger partial charge on any atom is 0.412 e. The number of benzene rings is 2. The number of ether oxygens (including phenoxy) is 1. The molecule has 38 heavy (non-hydrogen) atoms. The van der Waals surface area contributed by atoms with Gasteiger partial charge in [-0.3, -0.25) is 10.1 Å². The van der Waals surface area contributed by atoms with E-state index in [4.69, 9.17) is 26.0 Å². The number of carbonyl (C=O) groups is 2. The number of piperazine rings is 1. The number of carbonyl (C=O) groups excluding carboxylic acids is 1. The Morgan fingerprint density at radius 3 is 2.50 bits per heavy atom. The zero-order chi connectivity index (χ0) is 26.6. The van der Waals surface area contributed by atoms with Crippen molar-refractivity contribution in [3.63, 3.8) is 0 Å². The van der Waals surface area contributed by atoms with Gasteiger partial charge in [0, 0.05) is 35.4 Å². The van der Waals surface area contributed by atoms with E-state index < -0.39 is 18.2 Å². The zero-order valence-electron chi connectivity index (χ0n) is 21.2. The van der Waals surface area contributed by atoms with Crippen LogP contribution in [0.3, 0.4) is 0 Å². The van der Waals surface area contributed by atoms with Crippen LogP contribution in [0.15, 0.2) is 59.3 Å². The minimum Gasteiger partial charge on any atom is -0.481 e. The molecular weight excluding hydrogens is 508 g/mol. The summed E-state index contributed by atoms with van der Waals surface area (Å²) >= 11 is 6.25. The topological polar surface area (TPSA) is 108 Å². The van der Waals surface area contributed by atoms with Crippen molar-refractivity contribution in [2.45, 2.75) is 57.2 Å². The molecule has 1 saturated carbocycles. The van der Waals surface area contributed by atoms with Crippen LogP contribution >= 0.6 is 11.6 Å². The lowest BCUT2D eigenvalue weighted by Crippen LogP contribution is -2.61. The Bertz CT molecular complexity index is 1280. The molecule has 2 aromatic carbocycles. The lowest BCUT2D eigenvalue weighted by molar-refractivity contribution is -0.136. The van der Waals surface area contributed by atoms with E-state index in [9.17, 15) is 9.59 Å². The van der Waals surface area contributed by atoms with E-state index in [1.807, 2.05) is 42.5 Å². The molecule has 1 amide bonds. The van der Waals surface area contributed by atoms with Crippen molar-refractivity contribution in [3.05, 3.63) is 70.9 Å². The number of nitrogens with one attached hydrogen (secondary N) is 1. The molecule has 200 valence electrons. The molecule has 10 heteroatoms. The maximum atomic E-state index is 12.7. The van der Waals surface area contributed by atoms with Gasteiger partial charge in [-0.15, -0.1) is 0 Å². The Morgan fingerprint density at radius 2 is 1.79 bits per heavy atom. The average molecular weight is 539 g/mol. The van der Waals surface area contributed by atoms with E-state index in [0.717, 1.165) is 49.0 Å². The fourth-order valence-electron chi connectivity index (χ4n) is 5.61. The standard InChI is InChI=1S/C28H31ClN4O5/c1-18(21-6-2-3-7-22(21)29)37-28(36)31-23-17-30-38-27(23)33-15-14-32(24-8-4-5-9-25(24)33)20-12-10-19(11-13-20)16-26(34)35/h2-3,6-7,10-13,17-18,24-25H,4-5,8-9,14-16H2,1H3,(H,31,36)(H,34,35). The van der Waals surface area contributed by atoms with Crippen LogP contribution in [0, 0.1) is 0 Å². The minimum atomic E-state index is -0.836. The number of carboxylic acid groups (broad SMARTS) is 1. The van der Waals surface area contributed by atoms with Crippen molar-refractivity contribution in [3.8, 4) is 0 Å². The SMILES string of the molecule is CC(OC(=O)Nc1cnoc1N1CCN(c2ccc(CC(=O)O)cc2)C2CCCCC21)c1ccccc1Cl. The molecule has 0 spiro atoms. The van der Waals surface area contributed by atoms with Crippen molar-refractivity contribution in [2.75, 3.05) is 28.2 Å². The molecular formula is C28H31ClN4O5. The first kappa shape index (κ1) is 25.9. The number of hydrogen-bond donors (Lipinski definition) is 2. The third-order valence-corrected chi connectivity index (χ3v) is 7.72. The Balaban J connectivity index is 1.29. The van der Waals surface area contributed by atoms with Gasteiger partial charge in [-0.05, 0) is 43.5 Å². The summed E-state index contributed by atoms with van der Waals surface area (Å²) in [4.78, 5) is 28.4. The molecule has 1 aliphatic carbocycles. The highest BCUT2D eigenvalue weighted by atomic mass is 35.5. The Hall–Kier alpha value is -3.72. The van der Waals surface area contributed by atoms with Crippen LogP contribution in [0.1, 0.15) is 49.8 Å². The van der Waals surface area contributed by atoms with Gasteiger partial charge in [0.2, 0.25) is 0 Å². The Kier molecular flexibility index (Phi) is 7.74. The lowest BCUT2D eigenvalue weighted by atomic mass is 9.86. The molecule has 3 atom stereocenters. The van der Waals surface area contributed by atoms with Gasteiger partial charge in [0.25, 0.3) is 5.88 Å². The molecule has 1 aliphatic heterocycles. The normalized spacial score (nSPS) is 19.9. The fourth-order valence-corrected chi connectivity index (χ4v) is 5.90. The van der Waals surface area contributed by atoms with Gasteiger partial charge < -0.3 is 24.2 Å². The second-order valence-electron chi connectivity index (χ2n) is 9.78. The summed E-state index contributed by atoms with van der Waals surface area (Å²) in [6, 6.07) is 15.5. The summed E-state index contributed by atoms with van der Waals surface area (Å²) in [7, 11) is 0. The van der Waals surface area contributed by atoms with Crippen molar-refractivity contribution in [1.29, 1.82) is 0 Å². The predicted molar refractivity (Wildman–Crippen MR) is 145 cm³/mol. The first-order chi connectivity index (χ1) is 18.4. The molecule has 2 heterocycles. The largest absolute Gasteiger partial charge is 0.481 e. The quantitative estimate of drug-likeness (QED) is 0.382. The van der Waals surface area contributed by atoms with Gasteiger partial charge in [-0.25, -0.2) is 4.79 Å². The lowest BCUT2D eigenvalue weighted by Gasteiger charge is -2.50. The number of aromatic nitrogens is 1. The van der Waals surface area contributed by atoms with E-state index in [-0.39, 0.29) is 18.5 Å². The summed E-state index contributed by atoms with van der Waals surface area (Å²) in [5.74, 6) is -0.307. The molecule has 2 fully saturated rings. The van der Waals surface area contributed by atoms with Gasteiger partial charge in [-0.1, -0.05) is 59.9 Å². The number of nitrogens with zero attached hydrogens (tertiary/aromatic N) is 3. The molecule has 3 aromatic rings. The highest BCUT2D eigenvalue weighted by molar-refractivity contribution is 6.31. The van der Waals surface area contributed by atoms with E-state index in [1.54, 1.807) is 13.0 Å². The van der Waals surface area contributed by atoms with Gasteiger partial charge in [0.1, 0.15) is 11.8 Å². The molecule has 2 aliphatic rings. The number of rotatable bonds is 7. The van der Waals surface area contributed by atoms with Gasteiger partial charge in [0.05, 0.1) is 18.7 Å².